The maximum atomic E-state index is 11.7. The van der Waals surface area contributed by atoms with Gasteiger partial charge in [0, 0.05) is 0 Å². The van der Waals surface area contributed by atoms with Gasteiger partial charge in [-0.15, -0.1) is 0 Å². The maximum absolute atomic E-state index is 11.7. The van der Waals surface area contributed by atoms with Crippen LogP contribution in [0.2, 0.25) is 0 Å². The summed E-state index contributed by atoms with van der Waals surface area (Å²) in [6.45, 7) is 0.414. The molecule has 1 unspecified atom stereocenters. The standard InChI is InChI=1S/C12H15N3O3/c1-18-12(17)7-2-3-8-10(6-7)14-9(4-5-13)11(16)15-8/h2-3,6,9,14H,4-5,13H2,1H3,(H,15,16). The smallest absolute Gasteiger partial charge is 0.337 e. The molecule has 4 N–H and O–H groups in total. The molecule has 1 aromatic carbocycles. The number of esters is 1. The minimum atomic E-state index is -0.410. The number of carbonyl (C=O) groups is 2. The van der Waals surface area contributed by atoms with E-state index in [0.717, 1.165) is 0 Å². The highest BCUT2D eigenvalue weighted by atomic mass is 16.5. The van der Waals surface area contributed by atoms with Gasteiger partial charge in [0.05, 0.1) is 24.0 Å². The van der Waals surface area contributed by atoms with Crippen molar-refractivity contribution in [3.8, 4) is 0 Å². The second-order valence-electron chi connectivity index (χ2n) is 4.02. The summed E-state index contributed by atoms with van der Waals surface area (Å²) in [7, 11) is 1.33. The normalized spacial score (nSPS) is 17.4. The van der Waals surface area contributed by atoms with Gasteiger partial charge in [-0.2, -0.15) is 0 Å². The van der Waals surface area contributed by atoms with Gasteiger partial charge in [0.2, 0.25) is 5.91 Å². The Bertz CT molecular complexity index is 487. The Hall–Kier alpha value is -2.08. The lowest BCUT2D eigenvalue weighted by Gasteiger charge is -2.26. The molecule has 0 saturated heterocycles. The van der Waals surface area contributed by atoms with Gasteiger partial charge in [0.25, 0.3) is 0 Å². The van der Waals surface area contributed by atoms with Gasteiger partial charge in [0.1, 0.15) is 6.04 Å². The minimum Gasteiger partial charge on any atom is -0.465 e. The molecule has 96 valence electrons. The molecule has 0 bridgehead atoms. The first kappa shape index (κ1) is 12.4. The summed E-state index contributed by atoms with van der Waals surface area (Å²) in [6, 6.07) is 4.57. The molecule has 1 heterocycles. The minimum absolute atomic E-state index is 0.112. The van der Waals surface area contributed by atoms with Crippen LogP contribution in [-0.4, -0.2) is 31.6 Å². The van der Waals surface area contributed by atoms with E-state index in [9.17, 15) is 9.59 Å². The Morgan fingerprint density at radius 3 is 2.89 bits per heavy atom. The third-order valence-electron chi connectivity index (χ3n) is 2.80. The molecule has 1 amide bonds. The van der Waals surface area contributed by atoms with Gasteiger partial charge in [-0.05, 0) is 31.2 Å². The lowest BCUT2D eigenvalue weighted by atomic mass is 10.1. The Labute approximate surface area is 104 Å². The Kier molecular flexibility index (Phi) is 3.47. The van der Waals surface area contributed by atoms with Crippen molar-refractivity contribution in [1.82, 2.24) is 0 Å². The van der Waals surface area contributed by atoms with Gasteiger partial charge >= 0.3 is 5.97 Å². The van der Waals surface area contributed by atoms with Gasteiger partial charge in [-0.3, -0.25) is 4.79 Å². The van der Waals surface area contributed by atoms with E-state index in [1.54, 1.807) is 18.2 Å². The van der Waals surface area contributed by atoms with E-state index in [1.165, 1.54) is 7.11 Å². The van der Waals surface area contributed by atoms with Crippen molar-refractivity contribution in [1.29, 1.82) is 0 Å². The van der Waals surface area contributed by atoms with E-state index >= 15 is 0 Å². The van der Waals surface area contributed by atoms with E-state index < -0.39 is 5.97 Å². The van der Waals surface area contributed by atoms with Crippen LogP contribution in [0, 0.1) is 0 Å². The average Bonchev–Trinajstić information content (AvgIpc) is 2.38. The van der Waals surface area contributed by atoms with E-state index in [0.29, 0.717) is 29.9 Å². The highest BCUT2D eigenvalue weighted by molar-refractivity contribution is 6.04. The molecule has 6 nitrogen and oxygen atoms in total. The van der Waals surface area contributed by atoms with Gasteiger partial charge < -0.3 is 21.1 Å². The van der Waals surface area contributed by atoms with Crippen molar-refractivity contribution in [2.24, 2.45) is 5.73 Å². The van der Waals surface area contributed by atoms with Crippen LogP contribution in [0.1, 0.15) is 16.8 Å². The van der Waals surface area contributed by atoms with Crippen molar-refractivity contribution in [2.75, 3.05) is 24.3 Å². The Morgan fingerprint density at radius 1 is 1.44 bits per heavy atom. The SMILES string of the molecule is COC(=O)c1ccc2c(c1)NC(CCN)C(=O)N2. The number of anilines is 2. The average molecular weight is 249 g/mol. The van der Waals surface area contributed by atoms with Crippen LogP contribution < -0.4 is 16.4 Å². The van der Waals surface area contributed by atoms with Gasteiger partial charge in [-0.25, -0.2) is 4.79 Å². The Morgan fingerprint density at radius 2 is 2.22 bits per heavy atom. The van der Waals surface area contributed by atoms with E-state index in [4.69, 9.17) is 5.73 Å². The van der Waals surface area contributed by atoms with Crippen LogP contribution in [0.25, 0.3) is 0 Å². The number of benzene rings is 1. The molecule has 0 aromatic heterocycles. The number of rotatable bonds is 3. The number of nitrogens with one attached hydrogen (secondary N) is 2. The number of amides is 1. The molecule has 18 heavy (non-hydrogen) atoms. The molecule has 1 aliphatic rings. The first-order valence-corrected chi connectivity index (χ1v) is 5.65. The van der Waals surface area contributed by atoms with Crippen LogP contribution >= 0.6 is 0 Å². The topological polar surface area (TPSA) is 93.4 Å². The molecule has 1 atom stereocenters. The monoisotopic (exact) mass is 249 g/mol. The summed E-state index contributed by atoms with van der Waals surface area (Å²) in [6.07, 6.45) is 0.535. The molecular formula is C12H15N3O3. The molecule has 1 aliphatic heterocycles. The first-order chi connectivity index (χ1) is 8.65. The molecule has 0 radical (unpaired) electrons. The number of methoxy groups -OCH3 is 1. The molecule has 0 saturated carbocycles. The molecular weight excluding hydrogens is 234 g/mol. The van der Waals surface area contributed by atoms with Crippen LogP contribution in [-0.2, 0) is 9.53 Å². The zero-order valence-corrected chi connectivity index (χ0v) is 10.0. The van der Waals surface area contributed by atoms with E-state index in [2.05, 4.69) is 15.4 Å². The fourth-order valence-electron chi connectivity index (χ4n) is 1.86. The van der Waals surface area contributed by atoms with Crippen LogP contribution in [0.15, 0.2) is 18.2 Å². The van der Waals surface area contributed by atoms with Crippen molar-refractivity contribution >= 4 is 23.3 Å². The summed E-state index contributed by atoms with van der Waals surface area (Å²) >= 11 is 0. The maximum Gasteiger partial charge on any atom is 0.337 e. The van der Waals surface area contributed by atoms with Crippen molar-refractivity contribution in [3.05, 3.63) is 23.8 Å². The zero-order chi connectivity index (χ0) is 13.1. The summed E-state index contributed by atoms with van der Waals surface area (Å²) in [5, 5.41) is 5.84. The largest absolute Gasteiger partial charge is 0.465 e. The van der Waals surface area contributed by atoms with Crippen LogP contribution in [0.4, 0.5) is 11.4 Å². The second-order valence-corrected chi connectivity index (χ2v) is 4.02. The summed E-state index contributed by atoms with van der Waals surface area (Å²) < 4.78 is 4.65. The zero-order valence-electron chi connectivity index (χ0n) is 10.0. The Balaban J connectivity index is 2.28. The van der Waals surface area contributed by atoms with Gasteiger partial charge in [0.15, 0.2) is 0 Å². The fraction of sp³-hybridized carbons (Fsp3) is 0.333. The molecule has 0 aliphatic carbocycles. The summed E-state index contributed by atoms with van der Waals surface area (Å²) in [5.74, 6) is -0.523. The van der Waals surface area contributed by atoms with E-state index in [1.807, 2.05) is 0 Å². The van der Waals surface area contributed by atoms with Gasteiger partial charge in [-0.1, -0.05) is 0 Å². The fourth-order valence-corrected chi connectivity index (χ4v) is 1.86. The number of ether oxygens (including phenoxy) is 1. The second kappa shape index (κ2) is 5.05. The van der Waals surface area contributed by atoms with Crippen molar-refractivity contribution < 1.29 is 14.3 Å². The highest BCUT2D eigenvalue weighted by Crippen LogP contribution is 2.28. The molecule has 1 aromatic rings. The van der Waals surface area contributed by atoms with E-state index in [-0.39, 0.29) is 11.9 Å². The third kappa shape index (κ3) is 2.28. The third-order valence-corrected chi connectivity index (χ3v) is 2.80. The highest BCUT2D eigenvalue weighted by Gasteiger charge is 2.25. The molecule has 6 heteroatoms. The molecule has 2 rings (SSSR count). The van der Waals surface area contributed by atoms with Crippen LogP contribution in [0.5, 0.6) is 0 Å². The van der Waals surface area contributed by atoms with Crippen molar-refractivity contribution in [3.63, 3.8) is 0 Å². The number of hydrogen-bond donors (Lipinski definition) is 3. The van der Waals surface area contributed by atoms with Crippen LogP contribution in [0.3, 0.4) is 0 Å². The van der Waals surface area contributed by atoms with Crippen molar-refractivity contribution in [2.45, 2.75) is 12.5 Å². The quantitative estimate of drug-likeness (QED) is 0.680. The number of fused-ring (bicyclic) bond motifs is 1. The summed E-state index contributed by atoms with van der Waals surface area (Å²) in [4.78, 5) is 23.1. The number of nitrogens with two attached hydrogens (primary N) is 1. The molecule has 0 spiro atoms. The number of carbonyl (C=O) groups excluding carboxylic acids is 2. The predicted molar refractivity (Wildman–Crippen MR) is 67.5 cm³/mol. The first-order valence-electron chi connectivity index (χ1n) is 5.65. The summed E-state index contributed by atoms with van der Waals surface area (Å²) in [5.41, 5.74) is 7.24. The number of hydrogen-bond acceptors (Lipinski definition) is 5. The lowest BCUT2D eigenvalue weighted by Crippen LogP contribution is -2.40. The molecule has 0 fully saturated rings. The predicted octanol–water partition coefficient (Wildman–Crippen LogP) is 0.555. The lowest BCUT2D eigenvalue weighted by molar-refractivity contribution is -0.117.